The molecule has 0 bridgehead atoms. The molecule has 1 aromatic carbocycles. The van der Waals surface area contributed by atoms with Gasteiger partial charge in [-0.05, 0) is 32.0 Å². The Bertz CT molecular complexity index is 790. The molecule has 0 aliphatic carbocycles. The Hall–Kier alpha value is -1.86. The summed E-state index contributed by atoms with van der Waals surface area (Å²) < 4.78 is 29.8. The van der Waals surface area contributed by atoms with Crippen LogP contribution in [0.25, 0.3) is 0 Å². The zero-order valence-electron chi connectivity index (χ0n) is 11.3. The maximum atomic E-state index is 12.5. The van der Waals surface area contributed by atoms with Gasteiger partial charge in [-0.15, -0.1) is 0 Å². The van der Waals surface area contributed by atoms with Crippen molar-refractivity contribution in [3.63, 3.8) is 0 Å². The smallest absolute Gasteiger partial charge is 0.335 e. The van der Waals surface area contributed by atoms with Crippen molar-refractivity contribution in [3.05, 3.63) is 45.8 Å². The molecule has 1 heterocycles. The summed E-state index contributed by atoms with van der Waals surface area (Å²) in [6, 6.07) is 3.56. The van der Waals surface area contributed by atoms with E-state index in [0.717, 1.165) is 6.07 Å². The molecular formula is C13H12ClNO5S. The summed E-state index contributed by atoms with van der Waals surface area (Å²) in [5, 5.41) is 12.6. The Morgan fingerprint density at radius 3 is 2.57 bits per heavy atom. The van der Waals surface area contributed by atoms with E-state index >= 15 is 0 Å². The molecule has 0 atom stereocenters. The maximum absolute atomic E-state index is 12.5. The third kappa shape index (κ3) is 3.08. The van der Waals surface area contributed by atoms with Crippen LogP contribution in [-0.2, 0) is 15.6 Å². The Labute approximate surface area is 126 Å². The number of aromatic nitrogens is 1. The first-order valence-electron chi connectivity index (χ1n) is 5.89. The van der Waals surface area contributed by atoms with Crippen molar-refractivity contribution < 1.29 is 22.8 Å². The van der Waals surface area contributed by atoms with Gasteiger partial charge in [-0.3, -0.25) is 0 Å². The standard InChI is InChI=1S/C13H12ClNO5S/c1-7-10(8(2)20-15-7)6-21(18,19)12-5-9(13(16)17)3-4-11(12)14/h3-5H,6H2,1-2H3,(H,16,17). The topological polar surface area (TPSA) is 97.5 Å². The van der Waals surface area contributed by atoms with Gasteiger partial charge < -0.3 is 9.63 Å². The second-order valence-corrected chi connectivity index (χ2v) is 6.88. The quantitative estimate of drug-likeness (QED) is 0.926. The number of nitrogens with zero attached hydrogens (tertiary/aromatic N) is 1. The first-order chi connectivity index (χ1) is 9.72. The molecular weight excluding hydrogens is 318 g/mol. The van der Waals surface area contributed by atoms with E-state index in [2.05, 4.69) is 5.16 Å². The molecule has 8 heteroatoms. The van der Waals surface area contributed by atoms with Gasteiger partial charge in [-0.1, -0.05) is 16.8 Å². The van der Waals surface area contributed by atoms with Crippen molar-refractivity contribution in [3.8, 4) is 0 Å². The van der Waals surface area contributed by atoms with Gasteiger partial charge in [0.1, 0.15) is 5.76 Å². The Morgan fingerprint density at radius 2 is 2.05 bits per heavy atom. The lowest BCUT2D eigenvalue weighted by atomic mass is 10.2. The number of rotatable bonds is 4. The highest BCUT2D eigenvalue weighted by Crippen LogP contribution is 2.27. The van der Waals surface area contributed by atoms with Crippen LogP contribution in [0.3, 0.4) is 0 Å². The summed E-state index contributed by atoms with van der Waals surface area (Å²) in [5.41, 5.74) is 0.783. The summed E-state index contributed by atoms with van der Waals surface area (Å²) in [6.07, 6.45) is 0. The monoisotopic (exact) mass is 329 g/mol. The van der Waals surface area contributed by atoms with E-state index in [4.69, 9.17) is 21.2 Å². The van der Waals surface area contributed by atoms with Crippen LogP contribution in [0.1, 0.15) is 27.4 Å². The number of sulfone groups is 1. The minimum absolute atomic E-state index is 0.0215. The van der Waals surface area contributed by atoms with Crippen LogP contribution < -0.4 is 0 Å². The molecule has 0 saturated heterocycles. The van der Waals surface area contributed by atoms with Gasteiger partial charge in [-0.25, -0.2) is 13.2 Å². The van der Waals surface area contributed by atoms with Gasteiger partial charge in [0.2, 0.25) is 0 Å². The third-order valence-electron chi connectivity index (χ3n) is 3.03. The normalized spacial score (nSPS) is 11.6. The molecule has 0 amide bonds. The van der Waals surface area contributed by atoms with E-state index in [9.17, 15) is 13.2 Å². The van der Waals surface area contributed by atoms with Crippen LogP contribution in [0.2, 0.25) is 5.02 Å². The zero-order valence-corrected chi connectivity index (χ0v) is 12.8. The molecule has 6 nitrogen and oxygen atoms in total. The highest BCUT2D eigenvalue weighted by Gasteiger charge is 2.24. The number of halogens is 1. The first kappa shape index (κ1) is 15.5. The molecule has 0 saturated carbocycles. The molecule has 0 unspecified atom stereocenters. The minimum atomic E-state index is -3.81. The van der Waals surface area contributed by atoms with Gasteiger partial charge in [0.15, 0.2) is 9.84 Å². The van der Waals surface area contributed by atoms with Crippen LogP contribution in [0, 0.1) is 13.8 Å². The van der Waals surface area contributed by atoms with Gasteiger partial charge in [0.25, 0.3) is 0 Å². The lowest BCUT2D eigenvalue weighted by molar-refractivity contribution is 0.0696. The van der Waals surface area contributed by atoms with Crippen molar-refractivity contribution in [2.75, 3.05) is 0 Å². The van der Waals surface area contributed by atoms with Crippen LogP contribution in [0.15, 0.2) is 27.6 Å². The number of aryl methyl sites for hydroxylation is 2. The van der Waals surface area contributed by atoms with Gasteiger partial charge in [0, 0.05) is 5.56 Å². The van der Waals surface area contributed by atoms with E-state index in [-0.39, 0.29) is 21.2 Å². The lowest BCUT2D eigenvalue weighted by Gasteiger charge is -2.07. The molecule has 0 fully saturated rings. The molecule has 21 heavy (non-hydrogen) atoms. The van der Waals surface area contributed by atoms with Gasteiger partial charge >= 0.3 is 5.97 Å². The Morgan fingerprint density at radius 1 is 1.38 bits per heavy atom. The lowest BCUT2D eigenvalue weighted by Crippen LogP contribution is -2.08. The van der Waals surface area contributed by atoms with Crippen LogP contribution >= 0.6 is 11.6 Å². The van der Waals surface area contributed by atoms with Crippen molar-refractivity contribution in [1.29, 1.82) is 0 Å². The maximum Gasteiger partial charge on any atom is 0.335 e. The molecule has 2 rings (SSSR count). The number of benzene rings is 1. The molecule has 0 spiro atoms. The number of carboxylic acid groups (broad SMARTS) is 1. The van der Waals surface area contributed by atoms with E-state index in [0.29, 0.717) is 17.0 Å². The van der Waals surface area contributed by atoms with Crippen LogP contribution in [0.4, 0.5) is 0 Å². The highest BCUT2D eigenvalue weighted by atomic mass is 35.5. The van der Waals surface area contributed by atoms with Crippen LogP contribution in [0.5, 0.6) is 0 Å². The molecule has 0 aliphatic rings. The Kier molecular flexibility index (Phi) is 4.06. The van der Waals surface area contributed by atoms with Gasteiger partial charge in [-0.2, -0.15) is 0 Å². The number of hydrogen-bond acceptors (Lipinski definition) is 5. The largest absolute Gasteiger partial charge is 0.478 e. The molecule has 1 N–H and O–H groups in total. The summed E-state index contributed by atoms with van der Waals surface area (Å²) in [7, 11) is -3.81. The first-order valence-corrected chi connectivity index (χ1v) is 7.92. The fourth-order valence-electron chi connectivity index (χ4n) is 1.85. The second-order valence-electron chi connectivity index (χ2n) is 4.51. The third-order valence-corrected chi connectivity index (χ3v) is 5.15. The number of carbonyl (C=O) groups is 1. The summed E-state index contributed by atoms with van der Waals surface area (Å²) in [5.74, 6) is -1.17. The second kappa shape index (κ2) is 5.50. The minimum Gasteiger partial charge on any atom is -0.478 e. The predicted molar refractivity (Wildman–Crippen MR) is 75.3 cm³/mol. The number of hydrogen-bond donors (Lipinski definition) is 1. The molecule has 0 aliphatic heterocycles. The fraction of sp³-hybridized carbons (Fsp3) is 0.231. The van der Waals surface area contributed by atoms with Crippen molar-refractivity contribution in [2.24, 2.45) is 0 Å². The van der Waals surface area contributed by atoms with Gasteiger partial charge in [0.05, 0.1) is 26.9 Å². The highest BCUT2D eigenvalue weighted by molar-refractivity contribution is 7.90. The fourth-order valence-corrected chi connectivity index (χ4v) is 3.94. The number of aromatic carboxylic acids is 1. The molecule has 112 valence electrons. The summed E-state index contributed by atoms with van der Waals surface area (Å²) >= 11 is 5.89. The predicted octanol–water partition coefficient (Wildman–Crippen LogP) is 2.62. The average Bonchev–Trinajstić information content (AvgIpc) is 2.70. The summed E-state index contributed by atoms with van der Waals surface area (Å²) in [6.45, 7) is 3.25. The van der Waals surface area contributed by atoms with Crippen LogP contribution in [-0.4, -0.2) is 24.7 Å². The van der Waals surface area contributed by atoms with E-state index < -0.39 is 15.8 Å². The number of carboxylic acids is 1. The summed E-state index contributed by atoms with van der Waals surface area (Å²) in [4.78, 5) is 10.7. The molecule has 1 aromatic heterocycles. The Balaban J connectivity index is 2.49. The van der Waals surface area contributed by atoms with E-state index in [1.165, 1.54) is 12.1 Å². The SMILES string of the molecule is Cc1noc(C)c1CS(=O)(=O)c1cc(C(=O)O)ccc1Cl. The van der Waals surface area contributed by atoms with E-state index in [1.54, 1.807) is 13.8 Å². The molecule has 0 radical (unpaired) electrons. The van der Waals surface area contributed by atoms with Crippen molar-refractivity contribution in [2.45, 2.75) is 24.5 Å². The zero-order chi connectivity index (χ0) is 15.8. The van der Waals surface area contributed by atoms with E-state index in [1.807, 2.05) is 0 Å². The van der Waals surface area contributed by atoms with Crippen molar-refractivity contribution in [1.82, 2.24) is 5.16 Å². The average molecular weight is 330 g/mol. The molecule has 2 aromatic rings. The van der Waals surface area contributed by atoms with Crippen molar-refractivity contribution >= 4 is 27.4 Å².